The molecular weight excluding hydrogens is 412 g/mol. The van der Waals surface area contributed by atoms with Gasteiger partial charge in [0, 0.05) is 39.5 Å². The summed E-state index contributed by atoms with van der Waals surface area (Å²) in [5.41, 5.74) is 3.66. The average molecular weight is 447 g/mol. The van der Waals surface area contributed by atoms with Gasteiger partial charge in [0.15, 0.2) is 5.78 Å². The second-order valence-corrected chi connectivity index (χ2v) is 10.3. The van der Waals surface area contributed by atoms with Crippen molar-refractivity contribution in [1.82, 2.24) is 5.32 Å². The van der Waals surface area contributed by atoms with Gasteiger partial charge in [-0.05, 0) is 62.9 Å². The van der Waals surface area contributed by atoms with Gasteiger partial charge in [-0.3, -0.25) is 9.59 Å². The first kappa shape index (κ1) is 23.1. The van der Waals surface area contributed by atoms with Gasteiger partial charge >= 0.3 is 0 Å². The molecule has 0 spiro atoms. The summed E-state index contributed by atoms with van der Waals surface area (Å²) in [5, 5.41) is 6.56. The van der Waals surface area contributed by atoms with E-state index in [-0.39, 0.29) is 22.6 Å². The number of rotatable bonds is 5. The molecular formula is C28H34N2O3. The van der Waals surface area contributed by atoms with Crippen LogP contribution in [0.1, 0.15) is 74.4 Å². The van der Waals surface area contributed by atoms with Crippen molar-refractivity contribution in [2.24, 2.45) is 5.41 Å². The summed E-state index contributed by atoms with van der Waals surface area (Å²) in [5.74, 6) is 0.695. The number of carbonyl (C=O) groups is 2. The number of ether oxygens (including phenoxy) is 1. The van der Waals surface area contributed by atoms with Gasteiger partial charge in [0.25, 0.3) is 0 Å². The molecule has 1 aliphatic heterocycles. The van der Waals surface area contributed by atoms with E-state index in [4.69, 9.17) is 4.74 Å². The summed E-state index contributed by atoms with van der Waals surface area (Å²) < 4.78 is 5.40. The second-order valence-electron chi connectivity index (χ2n) is 10.3. The molecule has 0 radical (unpaired) electrons. The molecule has 0 bridgehead atoms. The Morgan fingerprint density at radius 2 is 1.79 bits per heavy atom. The van der Waals surface area contributed by atoms with Gasteiger partial charge in [-0.1, -0.05) is 44.4 Å². The molecule has 1 aliphatic carbocycles. The molecule has 174 valence electrons. The first-order valence-electron chi connectivity index (χ1n) is 11.8. The Morgan fingerprint density at radius 3 is 2.52 bits per heavy atom. The van der Waals surface area contributed by atoms with Gasteiger partial charge in [0.2, 0.25) is 5.91 Å². The highest BCUT2D eigenvalue weighted by Crippen LogP contribution is 2.37. The predicted octanol–water partition coefficient (Wildman–Crippen LogP) is 5.75. The SMILES string of the molecule is COc1ccc2c(c1)/C(=C/C(=O)c1cccc(NC(=O)C3(C)CCCCC3)c1)NC(C)(C)C2. The van der Waals surface area contributed by atoms with E-state index < -0.39 is 0 Å². The third-order valence-corrected chi connectivity index (χ3v) is 6.90. The normalized spacial score (nSPS) is 19.8. The van der Waals surface area contributed by atoms with Gasteiger partial charge in [-0.15, -0.1) is 0 Å². The third kappa shape index (κ3) is 5.13. The maximum Gasteiger partial charge on any atom is 0.230 e. The van der Waals surface area contributed by atoms with Crippen molar-refractivity contribution in [2.75, 3.05) is 12.4 Å². The van der Waals surface area contributed by atoms with Gasteiger partial charge < -0.3 is 15.4 Å². The van der Waals surface area contributed by atoms with Gasteiger partial charge in [0.05, 0.1) is 7.11 Å². The topological polar surface area (TPSA) is 67.4 Å². The lowest BCUT2D eigenvalue weighted by Gasteiger charge is -2.35. The number of ketones is 1. The van der Waals surface area contributed by atoms with Crippen LogP contribution in [0.4, 0.5) is 5.69 Å². The van der Waals surface area contributed by atoms with Gasteiger partial charge in [0.1, 0.15) is 5.75 Å². The van der Waals surface area contributed by atoms with Gasteiger partial charge in [-0.25, -0.2) is 0 Å². The summed E-state index contributed by atoms with van der Waals surface area (Å²) in [7, 11) is 1.64. The Morgan fingerprint density at radius 1 is 1.03 bits per heavy atom. The highest BCUT2D eigenvalue weighted by molar-refractivity contribution is 6.09. The monoisotopic (exact) mass is 446 g/mol. The Hall–Kier alpha value is -3.08. The quantitative estimate of drug-likeness (QED) is 0.453. The van der Waals surface area contributed by atoms with Crippen LogP contribution in [0.2, 0.25) is 0 Å². The number of hydrogen-bond acceptors (Lipinski definition) is 4. The summed E-state index contributed by atoms with van der Waals surface area (Å²) in [6.45, 7) is 6.30. The third-order valence-electron chi connectivity index (χ3n) is 6.90. The maximum absolute atomic E-state index is 13.2. The number of hydrogen-bond donors (Lipinski definition) is 2. The van der Waals surface area contributed by atoms with Crippen molar-refractivity contribution in [2.45, 2.75) is 64.8 Å². The Kier molecular flexibility index (Phi) is 6.33. The molecule has 4 rings (SSSR count). The lowest BCUT2D eigenvalue weighted by atomic mass is 9.75. The molecule has 0 atom stereocenters. The van der Waals surface area contributed by atoms with Crippen molar-refractivity contribution < 1.29 is 14.3 Å². The Bertz CT molecular complexity index is 1090. The molecule has 2 aromatic carbocycles. The molecule has 0 aromatic heterocycles. The standard InChI is InChI=1S/C28H34N2O3/c1-27(2)18-20-11-12-22(33-4)16-23(20)24(30-27)17-25(31)19-9-8-10-21(15-19)29-26(32)28(3)13-6-5-7-14-28/h8-12,15-17,30H,5-7,13-14,18H2,1-4H3,(H,29,32)/b24-17-. The zero-order chi connectivity index (χ0) is 23.6. The van der Waals surface area contributed by atoms with Gasteiger partial charge in [-0.2, -0.15) is 0 Å². The molecule has 1 saturated carbocycles. The Labute approximate surface area is 196 Å². The van der Waals surface area contributed by atoms with Crippen LogP contribution < -0.4 is 15.4 Å². The number of amides is 1. The number of anilines is 1. The zero-order valence-electron chi connectivity index (χ0n) is 20.1. The molecule has 0 unspecified atom stereocenters. The minimum absolute atomic E-state index is 0.0434. The number of carbonyl (C=O) groups excluding carboxylic acids is 2. The van der Waals surface area contributed by atoms with E-state index >= 15 is 0 Å². The van der Waals surface area contributed by atoms with E-state index in [9.17, 15) is 9.59 Å². The highest BCUT2D eigenvalue weighted by Gasteiger charge is 2.34. The predicted molar refractivity (Wildman–Crippen MR) is 132 cm³/mol. The van der Waals surface area contributed by atoms with E-state index in [1.54, 1.807) is 25.3 Å². The molecule has 1 heterocycles. The van der Waals surface area contributed by atoms with Crippen LogP contribution in [0.15, 0.2) is 48.5 Å². The summed E-state index contributed by atoms with van der Waals surface area (Å²) in [6, 6.07) is 13.2. The molecule has 5 heteroatoms. The number of benzene rings is 2. The number of methoxy groups -OCH3 is 1. The van der Waals surface area contributed by atoms with Crippen LogP contribution >= 0.6 is 0 Å². The second kappa shape index (κ2) is 9.05. The van der Waals surface area contributed by atoms with Crippen molar-refractivity contribution >= 4 is 23.1 Å². The number of allylic oxidation sites excluding steroid dienone is 1. The minimum Gasteiger partial charge on any atom is -0.497 e. The van der Waals surface area contributed by atoms with Crippen molar-refractivity contribution in [1.29, 1.82) is 0 Å². The fraction of sp³-hybridized carbons (Fsp3) is 0.429. The molecule has 2 aliphatic rings. The molecule has 0 saturated heterocycles. The zero-order valence-corrected chi connectivity index (χ0v) is 20.1. The minimum atomic E-state index is -0.333. The average Bonchev–Trinajstić information content (AvgIpc) is 2.79. The lowest BCUT2D eigenvalue weighted by molar-refractivity contribution is -0.126. The lowest BCUT2D eigenvalue weighted by Crippen LogP contribution is -2.43. The summed E-state index contributed by atoms with van der Waals surface area (Å²) in [4.78, 5) is 26.2. The van der Waals surface area contributed by atoms with E-state index in [2.05, 4.69) is 30.5 Å². The largest absolute Gasteiger partial charge is 0.497 e. The first-order valence-corrected chi connectivity index (χ1v) is 11.8. The van der Waals surface area contributed by atoms with E-state index in [1.165, 1.54) is 12.0 Å². The van der Waals surface area contributed by atoms with Crippen LogP contribution in [-0.2, 0) is 11.2 Å². The van der Waals surface area contributed by atoms with Crippen LogP contribution in [0.25, 0.3) is 5.70 Å². The summed E-state index contributed by atoms with van der Waals surface area (Å²) in [6.07, 6.45) is 7.71. The fourth-order valence-corrected chi connectivity index (χ4v) is 4.96. The van der Waals surface area contributed by atoms with Crippen LogP contribution in [0, 0.1) is 5.41 Å². The first-order chi connectivity index (χ1) is 15.7. The van der Waals surface area contributed by atoms with E-state index in [0.29, 0.717) is 11.3 Å². The van der Waals surface area contributed by atoms with Crippen LogP contribution in [0.5, 0.6) is 5.75 Å². The summed E-state index contributed by atoms with van der Waals surface area (Å²) >= 11 is 0. The molecule has 2 aromatic rings. The molecule has 1 amide bonds. The molecule has 1 fully saturated rings. The van der Waals surface area contributed by atoms with Crippen LogP contribution in [0.3, 0.4) is 0 Å². The molecule has 2 N–H and O–H groups in total. The van der Waals surface area contributed by atoms with E-state index in [0.717, 1.165) is 49.1 Å². The Balaban J connectivity index is 1.58. The molecule has 5 nitrogen and oxygen atoms in total. The van der Waals surface area contributed by atoms with Crippen LogP contribution in [-0.4, -0.2) is 24.3 Å². The number of fused-ring (bicyclic) bond motifs is 1. The molecule has 33 heavy (non-hydrogen) atoms. The smallest absolute Gasteiger partial charge is 0.230 e. The van der Waals surface area contributed by atoms with Crippen molar-refractivity contribution in [3.63, 3.8) is 0 Å². The highest BCUT2D eigenvalue weighted by atomic mass is 16.5. The fourth-order valence-electron chi connectivity index (χ4n) is 4.96. The maximum atomic E-state index is 13.2. The number of nitrogens with one attached hydrogen (secondary N) is 2. The van der Waals surface area contributed by atoms with Crippen molar-refractivity contribution in [3.05, 3.63) is 65.2 Å². The van der Waals surface area contributed by atoms with E-state index in [1.807, 2.05) is 31.2 Å². The van der Waals surface area contributed by atoms with Crippen molar-refractivity contribution in [3.8, 4) is 5.75 Å².